The number of hydrogen-bond donors (Lipinski definition) is 1. The highest BCUT2D eigenvalue weighted by molar-refractivity contribution is 6.30. The molecule has 3 rings (SSSR count). The molecule has 19 heavy (non-hydrogen) atoms. The average Bonchev–Trinajstić information content (AvgIpc) is 2.34. The van der Waals surface area contributed by atoms with Crippen LogP contribution in [0.25, 0.3) is 0 Å². The zero-order chi connectivity index (χ0) is 13.4. The average molecular weight is 279 g/mol. The lowest BCUT2D eigenvalue weighted by Crippen LogP contribution is -2.53. The Kier molecular flexibility index (Phi) is 3.84. The molecule has 2 fully saturated rings. The predicted molar refractivity (Wildman–Crippen MR) is 80.5 cm³/mol. The molecule has 104 valence electrons. The number of hydrogen-bond acceptors (Lipinski definition) is 2. The van der Waals surface area contributed by atoms with Gasteiger partial charge >= 0.3 is 0 Å². The molecule has 1 aliphatic heterocycles. The van der Waals surface area contributed by atoms with E-state index >= 15 is 0 Å². The topological polar surface area (TPSA) is 29.3 Å². The Morgan fingerprint density at radius 3 is 2.68 bits per heavy atom. The van der Waals surface area contributed by atoms with E-state index in [9.17, 15) is 0 Å². The number of piperidine rings is 1. The summed E-state index contributed by atoms with van der Waals surface area (Å²) in [5, 5.41) is 0.834. The van der Waals surface area contributed by atoms with Crippen LogP contribution in [0.1, 0.15) is 37.7 Å². The third-order valence-electron chi connectivity index (χ3n) is 4.70. The summed E-state index contributed by atoms with van der Waals surface area (Å²) in [6.07, 6.45) is 3.77. The Hall–Kier alpha value is -0.570. The van der Waals surface area contributed by atoms with Crippen molar-refractivity contribution in [3.63, 3.8) is 0 Å². The number of benzene rings is 1. The van der Waals surface area contributed by atoms with Crippen LogP contribution >= 0.6 is 11.6 Å². The van der Waals surface area contributed by atoms with Crippen molar-refractivity contribution in [2.75, 3.05) is 13.1 Å². The van der Waals surface area contributed by atoms with Crippen LogP contribution in [-0.4, -0.2) is 30.1 Å². The molecule has 1 aromatic carbocycles. The lowest BCUT2D eigenvalue weighted by atomic mass is 9.78. The molecule has 3 heteroatoms. The van der Waals surface area contributed by atoms with Gasteiger partial charge in [0.05, 0.1) is 0 Å². The van der Waals surface area contributed by atoms with Crippen LogP contribution in [0.2, 0.25) is 5.02 Å². The molecule has 0 amide bonds. The maximum Gasteiger partial charge on any atom is 0.0408 e. The van der Waals surface area contributed by atoms with E-state index in [4.69, 9.17) is 17.3 Å². The summed E-state index contributed by atoms with van der Waals surface area (Å²) in [7, 11) is 0. The van der Waals surface area contributed by atoms with Crippen molar-refractivity contribution < 1.29 is 0 Å². The Bertz CT molecular complexity index is 442. The first kappa shape index (κ1) is 13.4. The summed E-state index contributed by atoms with van der Waals surface area (Å²) in [6, 6.07) is 9.35. The monoisotopic (exact) mass is 278 g/mol. The van der Waals surface area contributed by atoms with Crippen LogP contribution in [-0.2, 0) is 0 Å². The number of rotatable bonds is 2. The van der Waals surface area contributed by atoms with Gasteiger partial charge in [0, 0.05) is 30.2 Å². The molecule has 0 aromatic heterocycles. The van der Waals surface area contributed by atoms with Gasteiger partial charge in [-0.05, 0) is 48.8 Å². The molecule has 0 spiro atoms. The summed E-state index contributed by atoms with van der Waals surface area (Å²) in [5.41, 5.74) is 7.61. The van der Waals surface area contributed by atoms with E-state index in [-0.39, 0.29) is 0 Å². The first-order valence-corrected chi connectivity index (χ1v) is 7.74. The molecule has 1 saturated heterocycles. The van der Waals surface area contributed by atoms with Gasteiger partial charge in [-0.3, -0.25) is 4.90 Å². The SMILES string of the molecule is CC1CC(N2CC(N)CC(c3cccc(Cl)c3)C2)C1. The second kappa shape index (κ2) is 5.43. The normalized spacial score (nSPS) is 35.9. The largest absolute Gasteiger partial charge is 0.327 e. The fourth-order valence-electron chi connectivity index (χ4n) is 3.63. The Balaban J connectivity index is 1.71. The van der Waals surface area contributed by atoms with Crippen molar-refractivity contribution in [1.29, 1.82) is 0 Å². The zero-order valence-electron chi connectivity index (χ0n) is 11.6. The second-order valence-corrected chi connectivity index (χ2v) is 6.87. The minimum atomic E-state index is 0.300. The van der Waals surface area contributed by atoms with Gasteiger partial charge in [-0.1, -0.05) is 30.7 Å². The van der Waals surface area contributed by atoms with Crippen molar-refractivity contribution in [1.82, 2.24) is 4.90 Å². The third-order valence-corrected chi connectivity index (χ3v) is 4.93. The lowest BCUT2D eigenvalue weighted by molar-refractivity contribution is 0.0542. The molecule has 2 N–H and O–H groups in total. The number of nitrogens with two attached hydrogens (primary N) is 1. The van der Waals surface area contributed by atoms with E-state index in [1.54, 1.807) is 0 Å². The number of halogens is 1. The van der Waals surface area contributed by atoms with Gasteiger partial charge in [-0.25, -0.2) is 0 Å². The fraction of sp³-hybridized carbons (Fsp3) is 0.625. The van der Waals surface area contributed by atoms with Gasteiger partial charge < -0.3 is 5.73 Å². The predicted octanol–water partition coefficient (Wildman–Crippen LogP) is 3.26. The Labute approximate surface area is 120 Å². The van der Waals surface area contributed by atoms with Crippen molar-refractivity contribution in [2.24, 2.45) is 11.7 Å². The molecule has 1 aromatic rings. The van der Waals surface area contributed by atoms with Gasteiger partial charge in [0.2, 0.25) is 0 Å². The Morgan fingerprint density at radius 2 is 2.00 bits per heavy atom. The minimum absolute atomic E-state index is 0.300. The summed E-state index contributed by atoms with van der Waals surface area (Å²) in [6.45, 7) is 4.55. The Morgan fingerprint density at radius 1 is 1.21 bits per heavy atom. The van der Waals surface area contributed by atoms with E-state index in [0.717, 1.165) is 36.5 Å². The van der Waals surface area contributed by atoms with Crippen molar-refractivity contribution >= 4 is 11.6 Å². The van der Waals surface area contributed by atoms with Crippen LogP contribution in [0.4, 0.5) is 0 Å². The van der Waals surface area contributed by atoms with Crippen LogP contribution in [0.15, 0.2) is 24.3 Å². The lowest BCUT2D eigenvalue weighted by Gasteiger charge is -2.47. The van der Waals surface area contributed by atoms with E-state index in [2.05, 4.69) is 24.0 Å². The summed E-state index contributed by atoms with van der Waals surface area (Å²) >= 11 is 6.11. The van der Waals surface area contributed by atoms with Crippen molar-refractivity contribution in [3.8, 4) is 0 Å². The summed E-state index contributed by atoms with van der Waals surface area (Å²) in [4.78, 5) is 2.61. The molecule has 2 nitrogen and oxygen atoms in total. The van der Waals surface area contributed by atoms with Crippen molar-refractivity contribution in [3.05, 3.63) is 34.9 Å². The first-order chi connectivity index (χ1) is 9.11. The molecule has 2 atom stereocenters. The van der Waals surface area contributed by atoms with Gasteiger partial charge in [0.15, 0.2) is 0 Å². The molecule has 1 aliphatic carbocycles. The van der Waals surface area contributed by atoms with Crippen LogP contribution in [0, 0.1) is 5.92 Å². The van der Waals surface area contributed by atoms with E-state index in [0.29, 0.717) is 12.0 Å². The van der Waals surface area contributed by atoms with Crippen LogP contribution in [0.3, 0.4) is 0 Å². The van der Waals surface area contributed by atoms with Gasteiger partial charge in [-0.15, -0.1) is 0 Å². The van der Waals surface area contributed by atoms with E-state index in [1.165, 1.54) is 18.4 Å². The smallest absolute Gasteiger partial charge is 0.0408 e. The highest BCUT2D eigenvalue weighted by atomic mass is 35.5. The highest BCUT2D eigenvalue weighted by Gasteiger charge is 2.35. The second-order valence-electron chi connectivity index (χ2n) is 6.43. The third kappa shape index (κ3) is 2.96. The number of nitrogens with zero attached hydrogens (tertiary/aromatic N) is 1. The van der Waals surface area contributed by atoms with Gasteiger partial charge in [0.1, 0.15) is 0 Å². The standard InChI is InChI=1S/C16H23ClN2/c1-11-5-16(6-11)19-9-13(8-15(18)10-19)12-3-2-4-14(17)7-12/h2-4,7,11,13,15-16H,5-6,8-10,18H2,1H3. The van der Waals surface area contributed by atoms with Crippen LogP contribution < -0.4 is 5.73 Å². The molecular formula is C16H23ClN2. The molecule has 2 aliphatic rings. The minimum Gasteiger partial charge on any atom is -0.327 e. The molecule has 1 saturated carbocycles. The van der Waals surface area contributed by atoms with Gasteiger partial charge in [-0.2, -0.15) is 0 Å². The fourth-order valence-corrected chi connectivity index (χ4v) is 3.83. The zero-order valence-corrected chi connectivity index (χ0v) is 12.3. The molecule has 0 radical (unpaired) electrons. The maximum atomic E-state index is 6.27. The molecule has 2 unspecified atom stereocenters. The van der Waals surface area contributed by atoms with Gasteiger partial charge in [0.25, 0.3) is 0 Å². The highest BCUT2D eigenvalue weighted by Crippen LogP contribution is 2.36. The number of likely N-dealkylation sites (tertiary alicyclic amines) is 1. The molecule has 1 heterocycles. The first-order valence-electron chi connectivity index (χ1n) is 7.37. The van der Waals surface area contributed by atoms with E-state index < -0.39 is 0 Å². The molecular weight excluding hydrogens is 256 g/mol. The summed E-state index contributed by atoms with van der Waals surface area (Å²) < 4.78 is 0. The van der Waals surface area contributed by atoms with E-state index in [1.807, 2.05) is 12.1 Å². The van der Waals surface area contributed by atoms with Crippen molar-refractivity contribution in [2.45, 2.75) is 44.2 Å². The molecule has 0 bridgehead atoms. The summed E-state index contributed by atoms with van der Waals surface area (Å²) in [5.74, 6) is 1.44. The van der Waals surface area contributed by atoms with Crippen LogP contribution in [0.5, 0.6) is 0 Å². The quantitative estimate of drug-likeness (QED) is 0.900. The maximum absolute atomic E-state index is 6.27.